The van der Waals surface area contributed by atoms with E-state index in [1.54, 1.807) is 0 Å². The number of nitrogens with two attached hydrogens (primary N) is 1. The number of ether oxygens (including phenoxy) is 2. The van der Waals surface area contributed by atoms with E-state index in [0.29, 0.717) is 49.4 Å². The molecule has 0 bridgehead atoms. The highest BCUT2D eigenvalue weighted by Crippen LogP contribution is 2.30. The molecule has 0 saturated heterocycles. The van der Waals surface area contributed by atoms with Gasteiger partial charge in [-0.25, -0.2) is 4.63 Å². The summed E-state index contributed by atoms with van der Waals surface area (Å²) in [5.41, 5.74) is 7.39. The second-order valence-electron chi connectivity index (χ2n) is 6.52. The molecule has 1 amide bonds. The molecule has 0 fully saturated rings. The van der Waals surface area contributed by atoms with Crippen molar-refractivity contribution in [1.82, 2.24) is 20.9 Å². The fourth-order valence-electron chi connectivity index (χ4n) is 2.75. The van der Waals surface area contributed by atoms with Crippen LogP contribution in [0.5, 0.6) is 11.5 Å². The van der Waals surface area contributed by atoms with E-state index in [4.69, 9.17) is 26.8 Å². The summed E-state index contributed by atoms with van der Waals surface area (Å²) in [5.74, 6) is 0.845. The summed E-state index contributed by atoms with van der Waals surface area (Å²) in [5, 5.41) is 13.4. The van der Waals surface area contributed by atoms with Crippen LogP contribution in [0.15, 0.2) is 47.1 Å². The van der Waals surface area contributed by atoms with Crippen LogP contribution in [0.2, 0.25) is 5.02 Å². The highest BCUT2D eigenvalue weighted by atomic mass is 35.5. The lowest BCUT2D eigenvalue weighted by Gasteiger charge is -2.14. The fourth-order valence-corrected chi connectivity index (χ4v) is 2.95. The Kier molecular flexibility index (Phi) is 8.08. The van der Waals surface area contributed by atoms with E-state index in [1.807, 2.05) is 49.4 Å². The minimum absolute atomic E-state index is 0.0197. The van der Waals surface area contributed by atoms with Gasteiger partial charge in [-0.3, -0.25) is 4.79 Å². The molecule has 0 radical (unpaired) electrons. The van der Waals surface area contributed by atoms with E-state index in [-0.39, 0.29) is 11.5 Å². The van der Waals surface area contributed by atoms with E-state index >= 15 is 0 Å². The third-order valence-electron chi connectivity index (χ3n) is 4.29. The van der Waals surface area contributed by atoms with Gasteiger partial charge in [0, 0.05) is 30.2 Å². The van der Waals surface area contributed by atoms with E-state index < -0.39 is 5.91 Å². The summed E-state index contributed by atoms with van der Waals surface area (Å²) in [6, 6.07) is 13.3. The first-order chi connectivity index (χ1) is 15.1. The van der Waals surface area contributed by atoms with Crippen molar-refractivity contribution in [3.8, 4) is 11.5 Å². The van der Waals surface area contributed by atoms with Crippen LogP contribution in [-0.2, 0) is 13.2 Å². The van der Waals surface area contributed by atoms with Crippen LogP contribution in [0.25, 0.3) is 0 Å². The first kappa shape index (κ1) is 22.4. The Labute approximate surface area is 184 Å². The number of hydrogen-bond donors (Lipinski definition) is 3. The van der Waals surface area contributed by atoms with Gasteiger partial charge in [0.05, 0.1) is 6.61 Å². The van der Waals surface area contributed by atoms with E-state index in [2.05, 4.69) is 25.6 Å². The molecule has 0 atom stereocenters. The number of amides is 1. The van der Waals surface area contributed by atoms with Crippen molar-refractivity contribution >= 4 is 23.3 Å². The van der Waals surface area contributed by atoms with Gasteiger partial charge >= 0.3 is 0 Å². The second-order valence-corrected chi connectivity index (χ2v) is 6.93. The Morgan fingerprint density at radius 3 is 2.71 bits per heavy atom. The van der Waals surface area contributed by atoms with E-state index in [0.717, 1.165) is 11.1 Å². The molecule has 0 aliphatic rings. The number of nitrogens with one attached hydrogen (secondary N) is 2. The fraction of sp³-hybridized carbons (Fsp3) is 0.286. The van der Waals surface area contributed by atoms with Crippen LogP contribution in [0.3, 0.4) is 0 Å². The first-order valence-corrected chi connectivity index (χ1v) is 10.1. The standard InChI is InChI=1S/C21H24ClN5O4/c1-2-29-18-11-14(7-8-17(18)30-13-15-5-3-4-6-16(15)22)12-24-9-10-25-21(28)19-20(23)27-31-26-19/h3-8,11,24H,2,9-10,12-13H2,1H3,(H2,23,27)(H,25,28). The highest BCUT2D eigenvalue weighted by Gasteiger charge is 2.15. The predicted molar refractivity (Wildman–Crippen MR) is 116 cm³/mol. The number of rotatable bonds is 11. The molecule has 2 aromatic carbocycles. The summed E-state index contributed by atoms with van der Waals surface area (Å²) in [4.78, 5) is 11.9. The Hall–Kier alpha value is -3.30. The maximum absolute atomic E-state index is 11.9. The van der Waals surface area contributed by atoms with Crippen LogP contribution >= 0.6 is 11.6 Å². The van der Waals surface area contributed by atoms with Crippen molar-refractivity contribution in [2.24, 2.45) is 0 Å². The van der Waals surface area contributed by atoms with Gasteiger partial charge in [-0.05, 0) is 41.0 Å². The average Bonchev–Trinajstić information content (AvgIpc) is 3.20. The third kappa shape index (κ3) is 6.34. The Morgan fingerprint density at radius 2 is 1.97 bits per heavy atom. The summed E-state index contributed by atoms with van der Waals surface area (Å²) in [6.07, 6.45) is 0. The molecule has 3 aromatic rings. The number of nitrogens with zero attached hydrogens (tertiary/aromatic N) is 2. The van der Waals surface area contributed by atoms with Crippen LogP contribution in [0.1, 0.15) is 28.5 Å². The molecule has 3 rings (SSSR count). The lowest BCUT2D eigenvalue weighted by molar-refractivity contribution is 0.0944. The van der Waals surface area contributed by atoms with Gasteiger partial charge in [0.25, 0.3) is 5.91 Å². The topological polar surface area (TPSA) is 125 Å². The maximum atomic E-state index is 11.9. The number of carbonyl (C=O) groups excluding carboxylic acids is 1. The zero-order chi connectivity index (χ0) is 22.1. The number of halogens is 1. The number of aromatic nitrogens is 2. The monoisotopic (exact) mass is 445 g/mol. The van der Waals surface area contributed by atoms with Crippen molar-refractivity contribution in [2.45, 2.75) is 20.1 Å². The average molecular weight is 446 g/mol. The number of carbonyl (C=O) groups is 1. The zero-order valence-electron chi connectivity index (χ0n) is 17.1. The molecule has 0 aliphatic carbocycles. The number of benzene rings is 2. The van der Waals surface area contributed by atoms with Gasteiger partial charge in [-0.15, -0.1) is 0 Å². The van der Waals surface area contributed by atoms with Crippen LogP contribution in [0.4, 0.5) is 5.82 Å². The Bertz CT molecular complexity index is 1010. The quantitative estimate of drug-likeness (QED) is 0.385. The van der Waals surface area contributed by atoms with E-state index in [1.165, 1.54) is 0 Å². The Morgan fingerprint density at radius 1 is 1.13 bits per heavy atom. The molecule has 0 saturated carbocycles. The van der Waals surface area contributed by atoms with Gasteiger partial charge in [0.1, 0.15) is 6.61 Å². The summed E-state index contributed by atoms with van der Waals surface area (Å²) in [6.45, 7) is 4.32. The summed E-state index contributed by atoms with van der Waals surface area (Å²) >= 11 is 6.19. The smallest absolute Gasteiger partial charge is 0.277 e. The van der Waals surface area contributed by atoms with Gasteiger partial charge in [0.15, 0.2) is 11.5 Å². The molecule has 1 heterocycles. The van der Waals surface area contributed by atoms with Gasteiger partial charge in [-0.1, -0.05) is 35.9 Å². The predicted octanol–water partition coefficient (Wildman–Crippen LogP) is 2.80. The molecule has 31 heavy (non-hydrogen) atoms. The largest absolute Gasteiger partial charge is 0.490 e. The summed E-state index contributed by atoms with van der Waals surface area (Å²) in [7, 11) is 0. The SMILES string of the molecule is CCOc1cc(CNCCNC(=O)c2nonc2N)ccc1OCc1ccccc1Cl. The molecule has 1 aromatic heterocycles. The molecule has 164 valence electrons. The first-order valence-electron chi connectivity index (χ1n) is 9.77. The number of nitrogen functional groups attached to an aromatic ring is 1. The van der Waals surface area contributed by atoms with Crippen LogP contribution in [-0.4, -0.2) is 35.9 Å². The molecular weight excluding hydrogens is 422 g/mol. The van der Waals surface area contributed by atoms with Crippen molar-refractivity contribution in [2.75, 3.05) is 25.4 Å². The molecule has 9 nitrogen and oxygen atoms in total. The van der Waals surface area contributed by atoms with Gasteiger partial charge in [0.2, 0.25) is 11.5 Å². The normalized spacial score (nSPS) is 10.6. The Balaban J connectivity index is 1.49. The minimum Gasteiger partial charge on any atom is -0.490 e. The molecular formula is C21H24ClN5O4. The number of hydrogen-bond acceptors (Lipinski definition) is 8. The summed E-state index contributed by atoms with van der Waals surface area (Å²) < 4.78 is 16.1. The molecule has 10 heteroatoms. The minimum atomic E-state index is -0.431. The second kappa shape index (κ2) is 11.2. The van der Waals surface area contributed by atoms with Crippen molar-refractivity contribution < 1.29 is 18.9 Å². The van der Waals surface area contributed by atoms with Crippen molar-refractivity contribution in [3.63, 3.8) is 0 Å². The van der Waals surface area contributed by atoms with Crippen LogP contribution in [0, 0.1) is 0 Å². The van der Waals surface area contributed by atoms with E-state index in [9.17, 15) is 4.79 Å². The number of anilines is 1. The third-order valence-corrected chi connectivity index (χ3v) is 4.66. The highest BCUT2D eigenvalue weighted by molar-refractivity contribution is 6.31. The van der Waals surface area contributed by atoms with Gasteiger partial charge in [-0.2, -0.15) is 0 Å². The maximum Gasteiger partial charge on any atom is 0.277 e. The van der Waals surface area contributed by atoms with Crippen molar-refractivity contribution in [3.05, 3.63) is 64.3 Å². The van der Waals surface area contributed by atoms with Crippen LogP contribution < -0.4 is 25.8 Å². The molecule has 0 aliphatic heterocycles. The lowest BCUT2D eigenvalue weighted by atomic mass is 10.2. The molecule has 0 spiro atoms. The van der Waals surface area contributed by atoms with Crippen molar-refractivity contribution in [1.29, 1.82) is 0 Å². The lowest BCUT2D eigenvalue weighted by Crippen LogP contribution is -2.32. The zero-order valence-corrected chi connectivity index (χ0v) is 17.8. The molecule has 0 unspecified atom stereocenters. The van der Waals surface area contributed by atoms with Gasteiger partial charge < -0.3 is 25.8 Å². The molecule has 4 N–H and O–H groups in total.